The van der Waals surface area contributed by atoms with E-state index in [1.165, 1.54) is 32.1 Å². The number of carbonyl (C=O) groups excluding carboxylic acids is 2. The van der Waals surface area contributed by atoms with Crippen molar-refractivity contribution in [2.24, 2.45) is 11.3 Å². The van der Waals surface area contributed by atoms with Crippen molar-refractivity contribution >= 4 is 11.8 Å². The van der Waals surface area contributed by atoms with E-state index in [1.54, 1.807) is 0 Å². The molecule has 1 unspecified atom stereocenters. The van der Waals surface area contributed by atoms with Crippen LogP contribution in [0.25, 0.3) is 0 Å². The first-order chi connectivity index (χ1) is 11.5. The molecule has 0 aromatic rings. The zero-order valence-corrected chi connectivity index (χ0v) is 15.3. The molecule has 1 spiro atoms. The highest BCUT2D eigenvalue weighted by Gasteiger charge is 2.44. The zero-order valence-electron chi connectivity index (χ0n) is 15.3. The van der Waals surface area contributed by atoms with Crippen LogP contribution in [-0.2, 0) is 14.3 Å². The van der Waals surface area contributed by atoms with Crippen LogP contribution in [0.5, 0.6) is 0 Å². The average Bonchev–Trinajstić information content (AvgIpc) is 2.90. The lowest BCUT2D eigenvalue weighted by Crippen LogP contribution is -2.46. The monoisotopic (exact) mass is 336 g/mol. The molecule has 2 amide bonds. The third kappa shape index (κ3) is 3.93. The average molecular weight is 336 g/mol. The third-order valence-electron chi connectivity index (χ3n) is 6.06. The highest BCUT2D eigenvalue weighted by molar-refractivity contribution is 5.78. The fourth-order valence-corrected chi connectivity index (χ4v) is 4.57. The van der Waals surface area contributed by atoms with Crippen molar-refractivity contribution in [3.8, 4) is 0 Å². The standard InChI is InChI=1S/C19H32N2O3/c1-15(2)21-13-19(14-24-11-18(21)23)8-9-20(12-19)17(22)10-16-6-4-3-5-7-16/h15-16H,3-14H2,1-2H3. The number of nitrogens with zero attached hydrogens (tertiary/aromatic N) is 2. The van der Waals surface area contributed by atoms with E-state index in [4.69, 9.17) is 4.74 Å². The van der Waals surface area contributed by atoms with Crippen LogP contribution < -0.4 is 0 Å². The molecular weight excluding hydrogens is 304 g/mol. The van der Waals surface area contributed by atoms with Crippen LogP contribution >= 0.6 is 0 Å². The number of hydrogen-bond donors (Lipinski definition) is 0. The van der Waals surface area contributed by atoms with E-state index in [-0.39, 0.29) is 24.0 Å². The fraction of sp³-hybridized carbons (Fsp3) is 0.895. The normalized spacial score (nSPS) is 29.5. The van der Waals surface area contributed by atoms with Gasteiger partial charge < -0.3 is 14.5 Å². The molecule has 0 N–H and O–H groups in total. The minimum atomic E-state index is -0.0708. The van der Waals surface area contributed by atoms with E-state index in [9.17, 15) is 9.59 Å². The number of rotatable bonds is 3. The molecule has 136 valence electrons. The van der Waals surface area contributed by atoms with Crippen molar-refractivity contribution in [3.05, 3.63) is 0 Å². The molecule has 0 aromatic carbocycles. The summed E-state index contributed by atoms with van der Waals surface area (Å²) >= 11 is 0. The van der Waals surface area contributed by atoms with E-state index in [1.807, 2.05) is 9.80 Å². The van der Waals surface area contributed by atoms with Gasteiger partial charge in [-0.05, 0) is 39.0 Å². The predicted octanol–water partition coefficient (Wildman–Crippen LogP) is 2.44. The largest absolute Gasteiger partial charge is 0.371 e. The summed E-state index contributed by atoms with van der Waals surface area (Å²) in [7, 11) is 0. The van der Waals surface area contributed by atoms with Crippen LogP contribution in [0.15, 0.2) is 0 Å². The van der Waals surface area contributed by atoms with Crippen LogP contribution in [0.4, 0.5) is 0 Å². The Morgan fingerprint density at radius 1 is 1.25 bits per heavy atom. The first-order valence-electron chi connectivity index (χ1n) is 9.64. The summed E-state index contributed by atoms with van der Waals surface area (Å²) in [6, 6.07) is 0.183. The van der Waals surface area contributed by atoms with Crippen LogP contribution in [0, 0.1) is 11.3 Å². The lowest BCUT2D eigenvalue weighted by atomic mass is 9.86. The number of hydrogen-bond acceptors (Lipinski definition) is 3. The molecule has 2 aliphatic heterocycles. The summed E-state index contributed by atoms with van der Waals surface area (Å²) in [5, 5.41) is 0. The highest BCUT2D eigenvalue weighted by Crippen LogP contribution is 2.35. The van der Waals surface area contributed by atoms with Gasteiger partial charge in [-0.1, -0.05) is 19.3 Å². The molecule has 0 bridgehead atoms. The van der Waals surface area contributed by atoms with Gasteiger partial charge in [-0.3, -0.25) is 9.59 Å². The quantitative estimate of drug-likeness (QED) is 0.795. The zero-order chi connectivity index (χ0) is 17.2. The van der Waals surface area contributed by atoms with Crippen molar-refractivity contribution in [2.45, 2.75) is 64.8 Å². The lowest BCUT2D eigenvalue weighted by Gasteiger charge is -2.34. The molecule has 0 radical (unpaired) electrons. The van der Waals surface area contributed by atoms with Crippen LogP contribution in [-0.4, -0.2) is 60.5 Å². The molecule has 24 heavy (non-hydrogen) atoms. The molecule has 3 fully saturated rings. The highest BCUT2D eigenvalue weighted by atomic mass is 16.5. The molecule has 0 aromatic heterocycles. The molecule has 3 aliphatic rings. The Morgan fingerprint density at radius 2 is 2.00 bits per heavy atom. The maximum absolute atomic E-state index is 12.7. The molecule has 2 saturated heterocycles. The SMILES string of the molecule is CC(C)N1CC2(CCN(C(=O)CC3CCCCC3)C2)COCC1=O. The van der Waals surface area contributed by atoms with E-state index in [0.29, 0.717) is 24.9 Å². The lowest BCUT2D eigenvalue weighted by molar-refractivity contribution is -0.135. The van der Waals surface area contributed by atoms with E-state index < -0.39 is 0 Å². The van der Waals surface area contributed by atoms with Gasteiger partial charge in [-0.2, -0.15) is 0 Å². The van der Waals surface area contributed by atoms with Crippen molar-refractivity contribution in [2.75, 3.05) is 32.8 Å². The Labute approximate surface area is 145 Å². The second-order valence-electron chi connectivity index (χ2n) is 8.38. The molecule has 1 saturated carbocycles. The summed E-state index contributed by atoms with van der Waals surface area (Å²) in [4.78, 5) is 28.9. The van der Waals surface area contributed by atoms with Gasteiger partial charge in [0.2, 0.25) is 11.8 Å². The van der Waals surface area contributed by atoms with Crippen molar-refractivity contribution in [1.82, 2.24) is 9.80 Å². The second-order valence-corrected chi connectivity index (χ2v) is 8.38. The van der Waals surface area contributed by atoms with E-state index >= 15 is 0 Å². The Balaban J connectivity index is 1.60. The minimum Gasteiger partial charge on any atom is -0.371 e. The first kappa shape index (κ1) is 17.7. The van der Waals surface area contributed by atoms with Crippen molar-refractivity contribution < 1.29 is 14.3 Å². The van der Waals surface area contributed by atoms with Gasteiger partial charge in [0.15, 0.2) is 0 Å². The van der Waals surface area contributed by atoms with Gasteiger partial charge >= 0.3 is 0 Å². The Morgan fingerprint density at radius 3 is 2.71 bits per heavy atom. The Bertz CT molecular complexity index is 473. The summed E-state index contributed by atoms with van der Waals surface area (Å²) in [5.74, 6) is 0.973. The molecule has 5 heteroatoms. The number of likely N-dealkylation sites (tertiary alicyclic amines) is 1. The van der Waals surface area contributed by atoms with E-state index in [0.717, 1.165) is 26.1 Å². The van der Waals surface area contributed by atoms with Gasteiger partial charge in [0.25, 0.3) is 0 Å². The van der Waals surface area contributed by atoms with Gasteiger partial charge in [-0.15, -0.1) is 0 Å². The Hall–Kier alpha value is -1.10. The van der Waals surface area contributed by atoms with Crippen LogP contribution in [0.1, 0.15) is 58.8 Å². The maximum atomic E-state index is 12.7. The minimum absolute atomic E-state index is 0.0708. The number of ether oxygens (including phenoxy) is 1. The van der Waals surface area contributed by atoms with E-state index in [2.05, 4.69) is 13.8 Å². The van der Waals surface area contributed by atoms with Gasteiger partial charge in [0, 0.05) is 37.5 Å². The number of carbonyl (C=O) groups is 2. The maximum Gasteiger partial charge on any atom is 0.248 e. The van der Waals surface area contributed by atoms with Gasteiger partial charge in [0.1, 0.15) is 6.61 Å². The molecule has 1 aliphatic carbocycles. The second kappa shape index (κ2) is 7.42. The Kier molecular flexibility index (Phi) is 5.48. The summed E-state index contributed by atoms with van der Waals surface area (Å²) < 4.78 is 5.67. The summed E-state index contributed by atoms with van der Waals surface area (Å²) in [6.45, 7) is 7.15. The van der Waals surface area contributed by atoms with Gasteiger partial charge in [-0.25, -0.2) is 0 Å². The molecule has 1 atom stereocenters. The van der Waals surface area contributed by atoms with Crippen LogP contribution in [0.3, 0.4) is 0 Å². The molecular formula is C19H32N2O3. The van der Waals surface area contributed by atoms with Crippen LogP contribution in [0.2, 0.25) is 0 Å². The predicted molar refractivity (Wildman–Crippen MR) is 92.5 cm³/mol. The molecule has 2 heterocycles. The van der Waals surface area contributed by atoms with Crippen molar-refractivity contribution in [1.29, 1.82) is 0 Å². The summed E-state index contributed by atoms with van der Waals surface area (Å²) in [5.41, 5.74) is -0.0708. The first-order valence-corrected chi connectivity index (χ1v) is 9.64. The summed E-state index contributed by atoms with van der Waals surface area (Å²) in [6.07, 6.45) is 7.97. The molecule has 5 nitrogen and oxygen atoms in total. The smallest absolute Gasteiger partial charge is 0.248 e. The molecule has 3 rings (SSSR count). The fourth-order valence-electron chi connectivity index (χ4n) is 4.57. The van der Waals surface area contributed by atoms with Gasteiger partial charge in [0.05, 0.1) is 6.61 Å². The number of amides is 2. The third-order valence-corrected chi connectivity index (χ3v) is 6.06. The topological polar surface area (TPSA) is 49.9 Å². The van der Waals surface area contributed by atoms with Crippen molar-refractivity contribution in [3.63, 3.8) is 0 Å².